The molecule has 2 aromatic carbocycles. The van der Waals surface area contributed by atoms with E-state index in [9.17, 15) is 24.0 Å². The van der Waals surface area contributed by atoms with E-state index >= 15 is 0 Å². The van der Waals surface area contributed by atoms with E-state index in [0.29, 0.717) is 36.0 Å². The number of pyridine rings is 2. The number of hydrogen-bond acceptors (Lipinski definition) is 10. The number of aromatic nitrogens is 2. The van der Waals surface area contributed by atoms with E-state index < -0.39 is 17.4 Å². The fourth-order valence-corrected chi connectivity index (χ4v) is 13.6. The standard InChI is InChI=1S/C59H72N8O5/c1-36-30-50-47(51(19-24-61-50)66-27-22-49-45(57(66)71)18-23-60-49)32-46(36)38(3)64-25-20-42(21-26-64)41-11-13-44(14-12-41)55(69)43-9-6-39(7-10-43)35-65-29-28-63(33-37(65)2)34-40-8-15-52-48(31-40)59(4,5)58(72)67(52)53-16-17-54(68)62-56(53)70/h8,11-15,19,22,24,27,31-32,36-39,42-43,53,60H,6-7,9-10,16-18,20-21,23,25-26,28-30,33-35H2,1-5H3,(H,62,68,70)/t36?,37-,38?,39?,43?,53+/m0/s1. The highest BCUT2D eigenvalue weighted by atomic mass is 16.2. The highest BCUT2D eigenvalue weighted by Crippen LogP contribution is 2.45. The van der Waals surface area contributed by atoms with Gasteiger partial charge in [-0.2, -0.15) is 0 Å². The number of likely N-dealkylation sites (tertiary alicyclic amines) is 1. The number of imide groups is 1. The van der Waals surface area contributed by atoms with Crippen LogP contribution in [0, 0.1) is 17.8 Å². The first-order valence-corrected chi connectivity index (χ1v) is 27.0. The van der Waals surface area contributed by atoms with Gasteiger partial charge in [0.05, 0.1) is 16.8 Å². The van der Waals surface area contributed by atoms with E-state index in [1.54, 1.807) is 4.90 Å². The van der Waals surface area contributed by atoms with Crippen molar-refractivity contribution in [3.63, 3.8) is 0 Å². The summed E-state index contributed by atoms with van der Waals surface area (Å²) in [6, 6.07) is 18.9. The molecular formula is C59H72N8O5. The van der Waals surface area contributed by atoms with Gasteiger partial charge in [-0.3, -0.25) is 58.4 Å². The molecule has 2 aromatic heterocycles. The van der Waals surface area contributed by atoms with Crippen molar-refractivity contribution >= 4 is 41.0 Å². The van der Waals surface area contributed by atoms with Gasteiger partial charge in [0.1, 0.15) is 6.04 Å². The summed E-state index contributed by atoms with van der Waals surface area (Å²) in [6.07, 6.45) is 14.5. The maximum absolute atomic E-state index is 13.9. The summed E-state index contributed by atoms with van der Waals surface area (Å²) in [5.41, 5.74) is 10.7. The van der Waals surface area contributed by atoms with E-state index in [4.69, 9.17) is 4.98 Å². The third-order valence-corrected chi connectivity index (χ3v) is 18.0. The first-order chi connectivity index (χ1) is 34.7. The molecule has 11 rings (SSSR count). The van der Waals surface area contributed by atoms with Crippen molar-refractivity contribution in [1.29, 1.82) is 0 Å². The van der Waals surface area contributed by atoms with Crippen LogP contribution in [0.15, 0.2) is 77.4 Å². The number of ketones is 1. The zero-order valence-corrected chi connectivity index (χ0v) is 42.9. The molecule has 378 valence electrons. The zero-order chi connectivity index (χ0) is 50.0. The number of Topliss-reactive ketones (excluding diaryl/α,β-unsaturated/α-hetero) is 1. The van der Waals surface area contributed by atoms with Crippen molar-refractivity contribution in [1.82, 2.24) is 29.6 Å². The Balaban J connectivity index is 0.640. The largest absolute Gasteiger partial charge is 0.384 e. The Morgan fingerprint density at radius 2 is 1.64 bits per heavy atom. The number of carbonyl (C=O) groups is 4. The van der Waals surface area contributed by atoms with Crippen LogP contribution in [0.5, 0.6) is 0 Å². The Labute approximate surface area is 424 Å². The number of nitrogens with one attached hydrogen (secondary N) is 2. The van der Waals surface area contributed by atoms with Crippen LogP contribution < -0.4 is 21.1 Å². The van der Waals surface area contributed by atoms with Gasteiger partial charge >= 0.3 is 0 Å². The monoisotopic (exact) mass is 973 g/mol. The number of anilines is 2. The predicted octanol–water partition coefficient (Wildman–Crippen LogP) is 7.67. The average Bonchev–Trinajstić information content (AvgIpc) is 3.95. The number of hydrogen-bond donors (Lipinski definition) is 2. The van der Waals surface area contributed by atoms with Gasteiger partial charge in [-0.15, -0.1) is 0 Å². The Bertz CT molecular complexity index is 2870. The molecule has 13 nitrogen and oxygen atoms in total. The Kier molecular flexibility index (Phi) is 13.2. The van der Waals surface area contributed by atoms with Crippen LogP contribution in [-0.4, -0.2) is 112 Å². The third kappa shape index (κ3) is 9.08. The highest BCUT2D eigenvalue weighted by Gasteiger charge is 2.49. The lowest BCUT2D eigenvalue weighted by Crippen LogP contribution is -2.55. The molecule has 2 unspecified atom stereocenters. The van der Waals surface area contributed by atoms with E-state index in [2.05, 4.69) is 88.6 Å². The molecule has 7 heterocycles. The van der Waals surface area contributed by atoms with Crippen LogP contribution in [-0.2, 0) is 39.2 Å². The second kappa shape index (κ2) is 19.6. The van der Waals surface area contributed by atoms with Crippen molar-refractivity contribution in [2.24, 2.45) is 17.8 Å². The van der Waals surface area contributed by atoms with Crippen LogP contribution in [0.1, 0.15) is 136 Å². The second-order valence-corrected chi connectivity index (χ2v) is 22.9. The zero-order valence-electron chi connectivity index (χ0n) is 42.9. The van der Waals surface area contributed by atoms with Crippen LogP contribution in [0.25, 0.3) is 11.8 Å². The summed E-state index contributed by atoms with van der Waals surface area (Å²) in [4.78, 5) is 79.9. The quantitative estimate of drug-likeness (QED) is 0.114. The normalized spacial score (nSPS) is 26.3. The fourth-order valence-electron chi connectivity index (χ4n) is 13.6. The SMILES string of the molecule is CC1Cc2nccc(-n3ccc4c(c3=O)CCN4)c2C=C1C(C)N1CCC(c2ccc(C(=O)C3CCC(CN4CCN(Cc5ccc6c(c5)C(C)(C)C(=O)N6[C@@H]5CCC(=O)NC5=O)C[C@@H]4C)CC3)cc2)CC1. The molecule has 3 saturated heterocycles. The molecule has 1 saturated carbocycles. The van der Waals surface area contributed by atoms with Gasteiger partial charge in [0.2, 0.25) is 17.7 Å². The van der Waals surface area contributed by atoms with Gasteiger partial charge in [0, 0.05) is 104 Å². The van der Waals surface area contributed by atoms with Crippen molar-refractivity contribution in [2.75, 3.05) is 56.0 Å². The number of fused-ring (bicyclic) bond motifs is 3. The smallest absolute Gasteiger partial charge is 0.260 e. The summed E-state index contributed by atoms with van der Waals surface area (Å²) in [5, 5.41) is 5.75. The molecule has 72 heavy (non-hydrogen) atoms. The van der Waals surface area contributed by atoms with Gasteiger partial charge in [0.25, 0.3) is 5.56 Å². The molecule has 0 spiro atoms. The molecule has 4 atom stereocenters. The maximum Gasteiger partial charge on any atom is 0.260 e. The molecule has 4 fully saturated rings. The summed E-state index contributed by atoms with van der Waals surface area (Å²) >= 11 is 0. The maximum atomic E-state index is 13.9. The number of amides is 3. The number of benzene rings is 2. The summed E-state index contributed by atoms with van der Waals surface area (Å²) in [5.74, 6) is 1.07. The lowest BCUT2D eigenvalue weighted by atomic mass is 9.78. The van der Waals surface area contributed by atoms with Gasteiger partial charge in [-0.1, -0.05) is 43.3 Å². The van der Waals surface area contributed by atoms with Crippen LogP contribution in [0.4, 0.5) is 11.4 Å². The summed E-state index contributed by atoms with van der Waals surface area (Å²) in [6.45, 7) is 18.5. The number of rotatable bonds is 11. The summed E-state index contributed by atoms with van der Waals surface area (Å²) < 4.78 is 1.82. The number of piperidine rings is 2. The van der Waals surface area contributed by atoms with Gasteiger partial charge in [0.15, 0.2) is 5.78 Å². The molecule has 2 N–H and O–H groups in total. The molecule has 5 aliphatic heterocycles. The van der Waals surface area contributed by atoms with Crippen molar-refractivity contribution in [2.45, 2.75) is 135 Å². The molecule has 2 aliphatic carbocycles. The number of piperazine rings is 1. The first kappa shape index (κ1) is 48.5. The van der Waals surface area contributed by atoms with E-state index in [1.165, 1.54) is 11.1 Å². The van der Waals surface area contributed by atoms with Gasteiger partial charge in [-0.05, 0) is 163 Å². The molecule has 4 aromatic rings. The Morgan fingerprint density at radius 3 is 2.39 bits per heavy atom. The topological polar surface area (TPSA) is 140 Å². The minimum atomic E-state index is -0.757. The van der Waals surface area contributed by atoms with Crippen LogP contribution >= 0.6 is 0 Å². The predicted molar refractivity (Wildman–Crippen MR) is 282 cm³/mol. The number of nitrogens with zero attached hydrogens (tertiary/aromatic N) is 6. The molecule has 0 bridgehead atoms. The Hall–Kier alpha value is -5.76. The first-order valence-electron chi connectivity index (χ1n) is 27.0. The lowest BCUT2D eigenvalue weighted by molar-refractivity contribution is -0.136. The second-order valence-electron chi connectivity index (χ2n) is 22.9. The van der Waals surface area contributed by atoms with Crippen molar-refractivity contribution in [3.8, 4) is 5.69 Å². The average molecular weight is 973 g/mol. The van der Waals surface area contributed by atoms with Crippen LogP contribution in [0.3, 0.4) is 0 Å². The van der Waals surface area contributed by atoms with E-state index in [0.717, 1.165) is 154 Å². The molecule has 3 amide bonds. The Morgan fingerprint density at radius 1 is 0.861 bits per heavy atom. The fraction of sp³-hybridized carbons (Fsp3) is 0.525. The molecule has 7 aliphatic rings. The third-order valence-electron chi connectivity index (χ3n) is 18.0. The van der Waals surface area contributed by atoms with E-state index in [-0.39, 0.29) is 35.8 Å². The van der Waals surface area contributed by atoms with E-state index in [1.807, 2.05) is 49.0 Å². The van der Waals surface area contributed by atoms with Crippen molar-refractivity contribution < 1.29 is 19.2 Å². The minimum absolute atomic E-state index is 0.0599. The van der Waals surface area contributed by atoms with Crippen molar-refractivity contribution in [3.05, 3.63) is 122 Å². The molecular weight excluding hydrogens is 901 g/mol. The van der Waals surface area contributed by atoms with Gasteiger partial charge < -0.3 is 5.32 Å². The van der Waals surface area contributed by atoms with Crippen LogP contribution in [0.2, 0.25) is 0 Å². The molecule has 13 heteroatoms. The molecule has 0 radical (unpaired) electrons. The highest BCUT2D eigenvalue weighted by molar-refractivity contribution is 6.13. The summed E-state index contributed by atoms with van der Waals surface area (Å²) in [7, 11) is 0. The lowest BCUT2D eigenvalue weighted by Gasteiger charge is -2.42. The van der Waals surface area contributed by atoms with Gasteiger partial charge in [-0.25, -0.2) is 0 Å². The minimum Gasteiger partial charge on any atom is -0.384 e. The number of carbonyl (C=O) groups excluding carboxylic acids is 4.